The molecule has 7 nitrogen and oxygen atoms in total. The number of hydrogen-bond donors (Lipinski definition) is 0. The second-order valence-electron chi connectivity index (χ2n) is 7.72. The summed E-state index contributed by atoms with van der Waals surface area (Å²) >= 11 is 0. The van der Waals surface area contributed by atoms with Crippen molar-refractivity contribution in [2.75, 3.05) is 32.4 Å². The third-order valence-corrected chi connectivity index (χ3v) is 6.53. The molecule has 0 saturated carbocycles. The predicted octanol–water partition coefficient (Wildman–Crippen LogP) is 1.16. The topological polar surface area (TPSA) is 78.0 Å². The van der Waals surface area contributed by atoms with Crippen LogP contribution in [0.2, 0.25) is 0 Å². The van der Waals surface area contributed by atoms with Gasteiger partial charge in [-0.3, -0.25) is 9.59 Å². The standard InChI is InChI=1S/C19H27N3O4S/c1-14(2)12-17(22-13-15-6-4-5-7-16(15)18(22)23)19(24)20-8-10-21(11-9-20)27(3,25)26/h4-7,14,17H,8-13H2,1-3H3/t17-/m1/s1. The van der Waals surface area contributed by atoms with E-state index in [1.54, 1.807) is 15.9 Å². The summed E-state index contributed by atoms with van der Waals surface area (Å²) in [5, 5.41) is 0. The average Bonchev–Trinajstić information content (AvgIpc) is 2.95. The third kappa shape index (κ3) is 4.16. The van der Waals surface area contributed by atoms with Crippen molar-refractivity contribution in [3.8, 4) is 0 Å². The van der Waals surface area contributed by atoms with E-state index in [-0.39, 0.29) is 17.7 Å². The Balaban J connectivity index is 1.76. The van der Waals surface area contributed by atoms with Crippen LogP contribution < -0.4 is 0 Å². The minimum absolute atomic E-state index is 0.0852. The van der Waals surface area contributed by atoms with E-state index < -0.39 is 16.1 Å². The van der Waals surface area contributed by atoms with E-state index in [1.807, 2.05) is 32.0 Å². The van der Waals surface area contributed by atoms with Crippen molar-refractivity contribution in [2.24, 2.45) is 5.92 Å². The van der Waals surface area contributed by atoms with Gasteiger partial charge in [-0.15, -0.1) is 0 Å². The molecule has 1 saturated heterocycles. The molecule has 3 rings (SSSR count). The quantitative estimate of drug-likeness (QED) is 0.752. The Morgan fingerprint density at radius 1 is 1.11 bits per heavy atom. The number of hydrogen-bond acceptors (Lipinski definition) is 4. The lowest BCUT2D eigenvalue weighted by Gasteiger charge is -2.37. The first-order valence-corrected chi connectivity index (χ1v) is 11.2. The van der Waals surface area contributed by atoms with Crippen LogP contribution in [0.4, 0.5) is 0 Å². The number of carbonyl (C=O) groups excluding carboxylic acids is 2. The summed E-state index contributed by atoms with van der Waals surface area (Å²) in [6.07, 6.45) is 1.77. The number of fused-ring (bicyclic) bond motifs is 1. The van der Waals surface area contributed by atoms with Crippen LogP contribution in [0.15, 0.2) is 24.3 Å². The molecule has 1 aromatic carbocycles. The van der Waals surface area contributed by atoms with Gasteiger partial charge in [-0.2, -0.15) is 4.31 Å². The Morgan fingerprint density at radius 3 is 2.30 bits per heavy atom. The van der Waals surface area contributed by atoms with Crippen LogP contribution in [0.1, 0.15) is 36.2 Å². The zero-order valence-corrected chi connectivity index (χ0v) is 16.9. The maximum atomic E-state index is 13.2. The van der Waals surface area contributed by atoms with E-state index in [4.69, 9.17) is 0 Å². The highest BCUT2D eigenvalue weighted by atomic mass is 32.2. The molecule has 2 heterocycles. The summed E-state index contributed by atoms with van der Waals surface area (Å²) in [6.45, 7) is 5.83. The zero-order chi connectivity index (χ0) is 19.8. The Bertz CT molecular complexity index is 829. The van der Waals surface area contributed by atoms with Crippen molar-refractivity contribution < 1.29 is 18.0 Å². The van der Waals surface area contributed by atoms with Crippen molar-refractivity contribution in [3.63, 3.8) is 0 Å². The van der Waals surface area contributed by atoms with Gasteiger partial charge < -0.3 is 9.80 Å². The first-order valence-electron chi connectivity index (χ1n) is 9.31. The molecule has 2 aliphatic rings. The molecule has 8 heteroatoms. The van der Waals surface area contributed by atoms with Gasteiger partial charge in [-0.05, 0) is 24.0 Å². The molecule has 0 aliphatic carbocycles. The number of piperazine rings is 1. The molecular formula is C19H27N3O4S. The van der Waals surface area contributed by atoms with Gasteiger partial charge in [-0.25, -0.2) is 8.42 Å². The van der Waals surface area contributed by atoms with Crippen LogP contribution in [0, 0.1) is 5.92 Å². The van der Waals surface area contributed by atoms with Crippen LogP contribution in [0.5, 0.6) is 0 Å². The monoisotopic (exact) mass is 393 g/mol. The van der Waals surface area contributed by atoms with E-state index >= 15 is 0 Å². The molecule has 1 fully saturated rings. The second kappa shape index (κ2) is 7.59. The Morgan fingerprint density at radius 2 is 1.74 bits per heavy atom. The minimum Gasteiger partial charge on any atom is -0.338 e. The van der Waals surface area contributed by atoms with Crippen molar-refractivity contribution >= 4 is 21.8 Å². The van der Waals surface area contributed by atoms with E-state index in [0.29, 0.717) is 44.7 Å². The van der Waals surface area contributed by atoms with Gasteiger partial charge in [-0.1, -0.05) is 32.0 Å². The Labute approximate surface area is 161 Å². The molecule has 1 atom stereocenters. The second-order valence-corrected chi connectivity index (χ2v) is 9.71. The fourth-order valence-corrected chi connectivity index (χ4v) is 4.61. The summed E-state index contributed by atoms with van der Waals surface area (Å²) in [5.41, 5.74) is 1.62. The maximum Gasteiger partial charge on any atom is 0.255 e. The van der Waals surface area contributed by atoms with Crippen molar-refractivity contribution in [2.45, 2.75) is 32.9 Å². The number of rotatable bonds is 5. The number of sulfonamides is 1. The van der Waals surface area contributed by atoms with Crippen molar-refractivity contribution in [1.29, 1.82) is 0 Å². The maximum absolute atomic E-state index is 13.2. The molecule has 2 amide bonds. The average molecular weight is 394 g/mol. The molecule has 0 bridgehead atoms. The van der Waals surface area contributed by atoms with Crippen LogP contribution >= 0.6 is 0 Å². The zero-order valence-electron chi connectivity index (χ0n) is 16.1. The normalized spacial score (nSPS) is 19.5. The first-order chi connectivity index (χ1) is 12.7. The molecule has 0 radical (unpaired) electrons. The molecule has 148 valence electrons. The number of amides is 2. The number of carbonyl (C=O) groups is 2. The molecule has 0 spiro atoms. The van der Waals surface area contributed by atoms with Crippen LogP contribution in [-0.4, -0.2) is 72.8 Å². The molecule has 27 heavy (non-hydrogen) atoms. The third-order valence-electron chi connectivity index (χ3n) is 5.22. The number of benzene rings is 1. The summed E-state index contributed by atoms with van der Waals surface area (Å²) < 4.78 is 24.8. The summed E-state index contributed by atoms with van der Waals surface area (Å²) in [7, 11) is -3.24. The highest BCUT2D eigenvalue weighted by Gasteiger charge is 2.39. The SMILES string of the molecule is CC(C)C[C@H](C(=O)N1CCN(S(C)(=O)=O)CC1)N1Cc2ccccc2C1=O. The Hall–Kier alpha value is -1.93. The fourth-order valence-electron chi connectivity index (χ4n) is 3.79. The first kappa shape index (κ1) is 19.8. The highest BCUT2D eigenvalue weighted by Crippen LogP contribution is 2.28. The van der Waals surface area contributed by atoms with E-state index in [1.165, 1.54) is 10.6 Å². The van der Waals surface area contributed by atoms with Crippen molar-refractivity contribution in [1.82, 2.24) is 14.1 Å². The molecular weight excluding hydrogens is 366 g/mol. The van der Waals surface area contributed by atoms with Crippen molar-refractivity contribution in [3.05, 3.63) is 35.4 Å². The van der Waals surface area contributed by atoms with Crippen LogP contribution in [0.3, 0.4) is 0 Å². The van der Waals surface area contributed by atoms with Gasteiger partial charge in [0.05, 0.1) is 6.26 Å². The lowest BCUT2D eigenvalue weighted by Crippen LogP contribution is -2.56. The Kier molecular flexibility index (Phi) is 5.58. The molecule has 1 aromatic rings. The summed E-state index contributed by atoms with van der Waals surface area (Å²) in [4.78, 5) is 29.5. The highest BCUT2D eigenvalue weighted by molar-refractivity contribution is 7.88. The lowest BCUT2D eigenvalue weighted by molar-refractivity contribution is -0.138. The minimum atomic E-state index is -3.24. The van der Waals surface area contributed by atoms with E-state index in [0.717, 1.165) is 5.56 Å². The van der Waals surface area contributed by atoms with Gasteiger partial charge in [0, 0.05) is 38.3 Å². The number of nitrogens with zero attached hydrogens (tertiary/aromatic N) is 3. The van der Waals surface area contributed by atoms with E-state index in [2.05, 4.69) is 0 Å². The predicted molar refractivity (Wildman–Crippen MR) is 103 cm³/mol. The van der Waals surface area contributed by atoms with Gasteiger partial charge in [0.15, 0.2) is 0 Å². The smallest absolute Gasteiger partial charge is 0.255 e. The molecule has 0 unspecified atom stereocenters. The fraction of sp³-hybridized carbons (Fsp3) is 0.579. The van der Waals surface area contributed by atoms with Gasteiger partial charge >= 0.3 is 0 Å². The van der Waals surface area contributed by atoms with E-state index in [9.17, 15) is 18.0 Å². The summed E-state index contributed by atoms with van der Waals surface area (Å²) in [5.74, 6) is 0.0742. The summed E-state index contributed by atoms with van der Waals surface area (Å²) in [6, 6.07) is 6.95. The van der Waals surface area contributed by atoms with Crippen LogP contribution in [0.25, 0.3) is 0 Å². The van der Waals surface area contributed by atoms with Gasteiger partial charge in [0.1, 0.15) is 6.04 Å². The van der Waals surface area contributed by atoms with Gasteiger partial charge in [0.2, 0.25) is 15.9 Å². The molecule has 0 N–H and O–H groups in total. The van der Waals surface area contributed by atoms with Crippen LogP contribution in [-0.2, 0) is 21.4 Å². The lowest BCUT2D eigenvalue weighted by atomic mass is 10.0. The van der Waals surface area contributed by atoms with Gasteiger partial charge in [0.25, 0.3) is 5.91 Å². The molecule has 0 aromatic heterocycles. The molecule has 2 aliphatic heterocycles. The largest absolute Gasteiger partial charge is 0.338 e.